The molecule has 0 aliphatic carbocycles. The van der Waals surface area contributed by atoms with Crippen molar-refractivity contribution < 1.29 is 5.11 Å². The van der Waals surface area contributed by atoms with E-state index in [1.54, 1.807) is 6.07 Å². The van der Waals surface area contributed by atoms with E-state index in [1.165, 1.54) is 5.56 Å². The van der Waals surface area contributed by atoms with Crippen molar-refractivity contribution in [3.63, 3.8) is 0 Å². The van der Waals surface area contributed by atoms with Gasteiger partial charge in [0.05, 0.1) is 0 Å². The van der Waals surface area contributed by atoms with Crippen molar-refractivity contribution >= 4 is 0 Å². The van der Waals surface area contributed by atoms with Gasteiger partial charge >= 0.3 is 0 Å². The minimum Gasteiger partial charge on any atom is -0.508 e. The van der Waals surface area contributed by atoms with Crippen LogP contribution in [0.25, 0.3) is 0 Å². The van der Waals surface area contributed by atoms with E-state index in [1.807, 2.05) is 13.8 Å². The molecular formula is C11H16O. The molecule has 0 aliphatic heterocycles. The van der Waals surface area contributed by atoms with Gasteiger partial charge in [0.1, 0.15) is 5.75 Å². The predicted octanol–water partition coefficient (Wildman–Crippen LogP) is 3.13. The lowest BCUT2D eigenvalue weighted by atomic mass is 9.95. The van der Waals surface area contributed by atoms with Crippen molar-refractivity contribution in [1.29, 1.82) is 0 Å². The number of aryl methyl sites for hydroxylation is 1. The second-order valence-corrected chi connectivity index (χ2v) is 3.65. The van der Waals surface area contributed by atoms with Crippen molar-refractivity contribution in [1.82, 2.24) is 0 Å². The summed E-state index contributed by atoms with van der Waals surface area (Å²) in [6.45, 7) is 8.25. The third-order valence-corrected chi connectivity index (χ3v) is 2.19. The molecule has 0 radical (unpaired) electrons. The van der Waals surface area contributed by atoms with Crippen LogP contribution in [0.2, 0.25) is 0 Å². The molecule has 0 aliphatic rings. The Labute approximate surface area is 74.1 Å². The van der Waals surface area contributed by atoms with E-state index < -0.39 is 0 Å². The molecule has 1 rings (SSSR count). The first-order valence-corrected chi connectivity index (χ1v) is 4.32. The predicted molar refractivity (Wildman–Crippen MR) is 51.7 cm³/mol. The minimum atomic E-state index is 0.415. The molecule has 0 fully saturated rings. The van der Waals surface area contributed by atoms with Crippen molar-refractivity contribution in [2.24, 2.45) is 0 Å². The Hall–Kier alpha value is -0.980. The van der Waals surface area contributed by atoms with E-state index in [9.17, 15) is 5.11 Å². The number of benzene rings is 1. The molecule has 0 saturated heterocycles. The molecule has 0 heterocycles. The topological polar surface area (TPSA) is 20.2 Å². The molecule has 12 heavy (non-hydrogen) atoms. The zero-order valence-corrected chi connectivity index (χ0v) is 8.18. The van der Waals surface area contributed by atoms with E-state index >= 15 is 0 Å². The van der Waals surface area contributed by atoms with Gasteiger partial charge in [-0.05, 0) is 42.5 Å². The largest absolute Gasteiger partial charge is 0.508 e. The lowest BCUT2D eigenvalue weighted by Crippen LogP contribution is -1.93. The van der Waals surface area contributed by atoms with Crippen LogP contribution in [-0.4, -0.2) is 5.11 Å². The Balaban J connectivity index is 3.28. The molecular weight excluding hydrogens is 148 g/mol. The first kappa shape index (κ1) is 9.11. The van der Waals surface area contributed by atoms with E-state index in [4.69, 9.17) is 0 Å². The van der Waals surface area contributed by atoms with Gasteiger partial charge in [-0.25, -0.2) is 0 Å². The fourth-order valence-corrected chi connectivity index (χ4v) is 1.47. The summed E-state index contributed by atoms with van der Waals surface area (Å²) < 4.78 is 0. The van der Waals surface area contributed by atoms with Gasteiger partial charge in [-0.15, -0.1) is 0 Å². The van der Waals surface area contributed by atoms with Gasteiger partial charge in [0.2, 0.25) is 0 Å². The monoisotopic (exact) mass is 164 g/mol. The van der Waals surface area contributed by atoms with E-state index in [0.717, 1.165) is 11.1 Å². The van der Waals surface area contributed by atoms with Crippen LogP contribution in [0.5, 0.6) is 5.75 Å². The fraction of sp³-hybridized carbons (Fsp3) is 0.455. The van der Waals surface area contributed by atoms with Gasteiger partial charge in [-0.3, -0.25) is 0 Å². The van der Waals surface area contributed by atoms with Crippen LogP contribution < -0.4 is 0 Å². The molecule has 0 saturated carbocycles. The zero-order chi connectivity index (χ0) is 9.30. The van der Waals surface area contributed by atoms with Gasteiger partial charge in [0, 0.05) is 0 Å². The van der Waals surface area contributed by atoms with Crippen LogP contribution in [0.15, 0.2) is 12.1 Å². The maximum absolute atomic E-state index is 9.53. The molecule has 1 aromatic rings. The summed E-state index contributed by atoms with van der Waals surface area (Å²) in [5, 5.41) is 9.53. The third-order valence-electron chi connectivity index (χ3n) is 2.19. The summed E-state index contributed by atoms with van der Waals surface area (Å²) in [7, 11) is 0. The average molecular weight is 164 g/mol. The summed E-state index contributed by atoms with van der Waals surface area (Å²) in [5.41, 5.74) is 3.38. The summed E-state index contributed by atoms with van der Waals surface area (Å²) in [4.78, 5) is 0. The minimum absolute atomic E-state index is 0.415. The molecule has 66 valence electrons. The number of rotatable bonds is 1. The van der Waals surface area contributed by atoms with Gasteiger partial charge < -0.3 is 5.11 Å². The molecule has 0 spiro atoms. The molecule has 0 aromatic heterocycles. The Kier molecular flexibility index (Phi) is 2.41. The van der Waals surface area contributed by atoms with Crippen LogP contribution in [-0.2, 0) is 0 Å². The molecule has 1 heteroatoms. The number of aromatic hydroxyl groups is 1. The number of phenolic OH excluding ortho intramolecular Hbond substituents is 1. The van der Waals surface area contributed by atoms with E-state index in [0.29, 0.717) is 11.7 Å². The average Bonchev–Trinajstić information content (AvgIpc) is 1.96. The summed E-state index contributed by atoms with van der Waals surface area (Å²) in [6.07, 6.45) is 0. The van der Waals surface area contributed by atoms with E-state index in [-0.39, 0.29) is 0 Å². The van der Waals surface area contributed by atoms with Crippen LogP contribution in [0, 0.1) is 13.8 Å². The quantitative estimate of drug-likeness (QED) is 0.676. The van der Waals surface area contributed by atoms with Gasteiger partial charge in [0.15, 0.2) is 0 Å². The van der Waals surface area contributed by atoms with Gasteiger partial charge in [-0.1, -0.05) is 19.9 Å². The SMILES string of the molecule is Cc1cc(O)c(C)c(C(C)C)c1. The van der Waals surface area contributed by atoms with Gasteiger partial charge in [0.25, 0.3) is 0 Å². The standard InChI is InChI=1S/C11H16O/c1-7(2)10-5-8(3)6-11(12)9(10)4/h5-7,12H,1-4H3. The molecule has 0 bridgehead atoms. The highest BCUT2D eigenvalue weighted by Crippen LogP contribution is 2.27. The summed E-state index contributed by atoms with van der Waals surface area (Å²) >= 11 is 0. The fourth-order valence-electron chi connectivity index (χ4n) is 1.47. The number of phenols is 1. The molecule has 0 atom stereocenters. The Morgan fingerprint density at radius 3 is 2.25 bits per heavy atom. The highest BCUT2D eigenvalue weighted by atomic mass is 16.3. The lowest BCUT2D eigenvalue weighted by Gasteiger charge is -2.11. The lowest BCUT2D eigenvalue weighted by molar-refractivity contribution is 0.469. The first-order valence-electron chi connectivity index (χ1n) is 4.32. The van der Waals surface area contributed by atoms with Crippen LogP contribution in [0.4, 0.5) is 0 Å². The van der Waals surface area contributed by atoms with Crippen molar-refractivity contribution in [3.8, 4) is 5.75 Å². The van der Waals surface area contributed by atoms with Crippen molar-refractivity contribution in [2.45, 2.75) is 33.6 Å². The summed E-state index contributed by atoms with van der Waals surface area (Å²) in [5.74, 6) is 0.898. The van der Waals surface area contributed by atoms with Crippen molar-refractivity contribution in [3.05, 3.63) is 28.8 Å². The molecule has 0 unspecified atom stereocenters. The third kappa shape index (κ3) is 1.60. The number of hydrogen-bond acceptors (Lipinski definition) is 1. The van der Waals surface area contributed by atoms with Crippen molar-refractivity contribution in [2.75, 3.05) is 0 Å². The van der Waals surface area contributed by atoms with Crippen LogP contribution in [0.1, 0.15) is 36.5 Å². The van der Waals surface area contributed by atoms with Crippen LogP contribution in [0.3, 0.4) is 0 Å². The maximum Gasteiger partial charge on any atom is 0.119 e. The van der Waals surface area contributed by atoms with Gasteiger partial charge in [-0.2, -0.15) is 0 Å². The smallest absolute Gasteiger partial charge is 0.119 e. The molecule has 0 amide bonds. The van der Waals surface area contributed by atoms with E-state index in [2.05, 4.69) is 19.9 Å². The zero-order valence-electron chi connectivity index (χ0n) is 8.18. The Morgan fingerprint density at radius 1 is 1.17 bits per heavy atom. The highest BCUT2D eigenvalue weighted by molar-refractivity contribution is 5.42. The maximum atomic E-state index is 9.53. The molecule has 1 aromatic carbocycles. The highest BCUT2D eigenvalue weighted by Gasteiger charge is 2.07. The number of hydrogen-bond donors (Lipinski definition) is 1. The second kappa shape index (κ2) is 3.18. The molecule has 1 nitrogen and oxygen atoms in total. The Morgan fingerprint density at radius 2 is 1.75 bits per heavy atom. The summed E-state index contributed by atoms with van der Waals surface area (Å²) in [6, 6.07) is 3.95. The first-order chi connectivity index (χ1) is 5.52. The second-order valence-electron chi connectivity index (χ2n) is 3.65. The molecule has 1 N–H and O–H groups in total. The normalized spacial score (nSPS) is 10.8. The van der Waals surface area contributed by atoms with Crippen LogP contribution >= 0.6 is 0 Å². The Bertz CT molecular complexity index is 287.